The van der Waals surface area contributed by atoms with Crippen molar-refractivity contribution in [2.75, 3.05) is 16.6 Å². The lowest BCUT2D eigenvalue weighted by atomic mass is 9.33. The molecule has 0 saturated carbocycles. The Hall–Kier alpha value is -8.10. The molecule has 0 N–H and O–H groups in total. The van der Waals surface area contributed by atoms with E-state index in [4.69, 9.17) is 9.47 Å². The summed E-state index contributed by atoms with van der Waals surface area (Å²) in [5.74, 6) is 1.52. The molecule has 7 heteroatoms. The number of hydrogen-bond donors (Lipinski definition) is 0. The topological polar surface area (TPSA) is 24.9 Å². The van der Waals surface area contributed by atoms with Gasteiger partial charge in [0.2, 0.25) is 6.79 Å². The van der Waals surface area contributed by atoms with Crippen molar-refractivity contribution in [1.29, 1.82) is 0 Å². The van der Waals surface area contributed by atoms with E-state index in [0.29, 0.717) is 0 Å². The molecule has 0 radical (unpaired) electrons. The monoisotopic (exact) mass is 974 g/mol. The van der Waals surface area contributed by atoms with E-state index in [1.165, 1.54) is 101 Å². The van der Waals surface area contributed by atoms with Crippen molar-refractivity contribution in [3.05, 3.63) is 211 Å². The van der Waals surface area contributed by atoms with E-state index in [0.717, 1.165) is 45.4 Å². The van der Waals surface area contributed by atoms with Crippen LogP contribution in [0.15, 0.2) is 200 Å². The average Bonchev–Trinajstić information content (AvgIpc) is 4.15. The highest BCUT2D eigenvalue weighted by molar-refractivity contribution is 7.26. The summed E-state index contributed by atoms with van der Waals surface area (Å²) in [7, 11) is 0. The van der Waals surface area contributed by atoms with Gasteiger partial charge in [0.15, 0.2) is 11.5 Å². The zero-order valence-corrected chi connectivity index (χ0v) is 42.5. The van der Waals surface area contributed by atoms with Crippen LogP contribution in [0.2, 0.25) is 0 Å². The number of nitrogens with zero attached hydrogens (tertiary/aromatic N) is 2. The largest absolute Gasteiger partial charge is 0.454 e. The molecule has 348 valence electrons. The fourth-order valence-corrected chi connectivity index (χ4v) is 14.2. The molecular weight excluding hydrogens is 928 g/mol. The molecule has 15 rings (SSSR count). The lowest BCUT2D eigenvalue weighted by molar-refractivity contribution is 0.174. The summed E-state index contributed by atoms with van der Waals surface area (Å²) in [5, 5.41) is 5.26. The second kappa shape index (κ2) is 16.0. The van der Waals surface area contributed by atoms with Crippen LogP contribution in [0, 0.1) is 6.92 Å². The first kappa shape index (κ1) is 42.6. The summed E-state index contributed by atoms with van der Waals surface area (Å²) in [6.45, 7) is 9.35. The van der Waals surface area contributed by atoms with Crippen LogP contribution in [0.5, 0.6) is 11.5 Å². The van der Waals surface area contributed by atoms with Crippen LogP contribution in [0.3, 0.4) is 0 Å². The summed E-state index contributed by atoms with van der Waals surface area (Å²) in [6.07, 6.45) is 0. The second-order valence-electron chi connectivity index (χ2n) is 20.9. The highest BCUT2D eigenvalue weighted by Gasteiger charge is 2.45. The minimum atomic E-state index is -0.0848. The minimum Gasteiger partial charge on any atom is -0.454 e. The van der Waals surface area contributed by atoms with Gasteiger partial charge >= 0.3 is 0 Å². The molecule has 5 heterocycles. The first-order valence-electron chi connectivity index (χ1n) is 25.2. The number of fused-ring (bicyclic) bond motifs is 11. The molecule has 0 aliphatic carbocycles. The highest BCUT2D eigenvalue weighted by atomic mass is 32.1. The molecule has 0 bridgehead atoms. The quantitative estimate of drug-likeness (QED) is 0.160. The predicted octanol–water partition coefficient (Wildman–Crippen LogP) is 16.8. The molecule has 2 aromatic heterocycles. The first-order valence-corrected chi connectivity index (χ1v) is 26.8. The molecule has 3 aliphatic rings. The maximum Gasteiger partial charge on any atom is 0.252 e. The Balaban J connectivity index is 0.969. The third kappa shape index (κ3) is 6.65. The van der Waals surface area contributed by atoms with Crippen molar-refractivity contribution in [2.24, 2.45) is 0 Å². The molecule has 10 aromatic carbocycles. The van der Waals surface area contributed by atoms with Gasteiger partial charge in [0.1, 0.15) is 0 Å². The summed E-state index contributed by atoms with van der Waals surface area (Å²) < 4.78 is 17.5. The molecule has 0 saturated heterocycles. The van der Waals surface area contributed by atoms with E-state index in [1.54, 1.807) is 0 Å². The zero-order valence-electron chi connectivity index (χ0n) is 40.9. The standard InChI is InChI=1S/C66H47BN2O2S2/c1-39-30-57-65-58(31-39)69(56-37-60-59(70-38-71-60)36-51(56)41-12-6-5-7-13-41)55-29-23-45(66(2,3)4)35-53(55)67(65)52-32-42(44-21-27-50-48-15-9-11-17-62(48)73-64(50)34-44)22-28-54(52)68(57)46-24-18-40(19-25-46)43-20-26-49-47-14-8-10-16-61(47)72-63(49)33-43/h5-37H,38H2,1-4H3. The molecule has 73 heavy (non-hydrogen) atoms. The van der Waals surface area contributed by atoms with E-state index in [-0.39, 0.29) is 18.9 Å². The summed E-state index contributed by atoms with van der Waals surface area (Å²) >= 11 is 3.74. The van der Waals surface area contributed by atoms with Crippen LogP contribution in [0.1, 0.15) is 31.9 Å². The number of thiophene rings is 2. The predicted molar refractivity (Wildman–Crippen MR) is 312 cm³/mol. The zero-order chi connectivity index (χ0) is 48.7. The fourth-order valence-electron chi connectivity index (χ4n) is 11.9. The average molecular weight is 975 g/mol. The Morgan fingerprint density at radius 3 is 1.64 bits per heavy atom. The van der Waals surface area contributed by atoms with Crippen molar-refractivity contribution >= 4 is 120 Å². The fraction of sp³-hybridized carbons (Fsp3) is 0.0909. The lowest BCUT2D eigenvalue weighted by Gasteiger charge is -2.45. The van der Waals surface area contributed by atoms with Gasteiger partial charge in [-0.05, 0) is 134 Å². The van der Waals surface area contributed by atoms with Crippen LogP contribution in [0.25, 0.3) is 73.7 Å². The molecule has 12 aromatic rings. The maximum absolute atomic E-state index is 6.20. The molecule has 3 aliphatic heterocycles. The molecule has 0 amide bonds. The molecule has 0 spiro atoms. The second-order valence-corrected chi connectivity index (χ2v) is 23.0. The Bertz CT molecular complexity index is 4260. The highest BCUT2D eigenvalue weighted by Crippen LogP contribution is 2.51. The third-order valence-electron chi connectivity index (χ3n) is 15.4. The van der Waals surface area contributed by atoms with Crippen LogP contribution < -0.4 is 35.7 Å². The Kier molecular flexibility index (Phi) is 9.30. The van der Waals surface area contributed by atoms with Crippen LogP contribution in [-0.4, -0.2) is 13.5 Å². The number of rotatable bonds is 5. The summed E-state index contributed by atoms with van der Waals surface area (Å²) in [6, 6.07) is 75.1. The van der Waals surface area contributed by atoms with Crippen molar-refractivity contribution in [2.45, 2.75) is 33.1 Å². The lowest BCUT2D eigenvalue weighted by Crippen LogP contribution is -2.61. The molecule has 0 unspecified atom stereocenters. The number of hydrogen-bond acceptors (Lipinski definition) is 6. The van der Waals surface area contributed by atoms with Gasteiger partial charge in [0.25, 0.3) is 6.71 Å². The number of benzene rings is 10. The number of anilines is 6. The Labute approximate surface area is 433 Å². The molecular formula is C66H47BN2O2S2. The minimum absolute atomic E-state index is 0.0695. The van der Waals surface area contributed by atoms with Crippen molar-refractivity contribution in [3.63, 3.8) is 0 Å². The van der Waals surface area contributed by atoms with Gasteiger partial charge in [-0.1, -0.05) is 148 Å². The van der Waals surface area contributed by atoms with E-state index < -0.39 is 0 Å². The van der Waals surface area contributed by atoms with E-state index in [9.17, 15) is 0 Å². The van der Waals surface area contributed by atoms with Gasteiger partial charge in [0.05, 0.1) is 5.69 Å². The van der Waals surface area contributed by atoms with Crippen molar-refractivity contribution in [1.82, 2.24) is 0 Å². The van der Waals surface area contributed by atoms with Crippen LogP contribution in [-0.2, 0) is 5.41 Å². The van der Waals surface area contributed by atoms with Gasteiger partial charge in [-0.25, -0.2) is 0 Å². The van der Waals surface area contributed by atoms with Gasteiger partial charge in [-0.2, -0.15) is 0 Å². The number of aryl methyl sites for hydroxylation is 1. The molecule has 0 atom stereocenters. The van der Waals surface area contributed by atoms with Gasteiger partial charge in [-0.15, -0.1) is 22.7 Å². The smallest absolute Gasteiger partial charge is 0.252 e. The third-order valence-corrected chi connectivity index (χ3v) is 17.7. The van der Waals surface area contributed by atoms with E-state index in [1.807, 2.05) is 22.7 Å². The van der Waals surface area contributed by atoms with Crippen molar-refractivity contribution in [3.8, 4) is 44.9 Å². The normalized spacial score (nSPS) is 13.6. The maximum atomic E-state index is 6.20. The van der Waals surface area contributed by atoms with Crippen LogP contribution in [0.4, 0.5) is 34.1 Å². The summed E-state index contributed by atoms with van der Waals surface area (Å²) in [5.41, 5.74) is 20.2. The number of ether oxygens (including phenoxy) is 2. The molecule has 0 fully saturated rings. The van der Waals surface area contributed by atoms with Crippen molar-refractivity contribution < 1.29 is 9.47 Å². The van der Waals surface area contributed by atoms with E-state index in [2.05, 4.69) is 238 Å². The Morgan fingerprint density at radius 1 is 0.425 bits per heavy atom. The SMILES string of the molecule is Cc1cc2c3c(c1)N(c1cc4c(cc1-c1ccccc1)OCO4)c1ccc(C(C)(C)C)cc1B3c1cc(-c3ccc4c(c3)sc3ccccc34)ccc1N2c1ccc(-c2ccc3c(c2)sc2ccccc23)cc1. The van der Waals surface area contributed by atoms with E-state index >= 15 is 0 Å². The first-order chi connectivity index (χ1) is 35.7. The Morgan fingerprint density at radius 2 is 0.959 bits per heavy atom. The van der Waals surface area contributed by atoms with Gasteiger partial charge < -0.3 is 19.3 Å². The molecule has 4 nitrogen and oxygen atoms in total. The summed E-state index contributed by atoms with van der Waals surface area (Å²) in [4.78, 5) is 5.05. The van der Waals surface area contributed by atoms with Crippen LogP contribution >= 0.6 is 22.7 Å². The van der Waals surface area contributed by atoms with Gasteiger partial charge in [-0.3, -0.25) is 0 Å². The van der Waals surface area contributed by atoms with Gasteiger partial charge in [0, 0.05) is 80.4 Å².